The smallest absolute Gasteiger partial charge is 0.322 e. The molecule has 0 spiro atoms. The summed E-state index contributed by atoms with van der Waals surface area (Å²) in [7, 11) is 2.17. The quantitative estimate of drug-likeness (QED) is 0.607. The molecule has 2 N–H and O–H groups in total. The SMILES string of the molecule is CN1CCN(CCc2ccc(NC(=O)c3ccc4c(c3)[nH]c(=O)n4C3CCCC3)cc2)CC1. The van der Waals surface area contributed by atoms with E-state index in [1.807, 2.05) is 22.8 Å². The van der Waals surface area contributed by atoms with Crippen molar-refractivity contribution >= 4 is 22.6 Å². The Hall–Kier alpha value is -2.90. The molecule has 1 aromatic heterocycles. The Bertz CT molecular complexity index is 1170. The van der Waals surface area contributed by atoms with Crippen LogP contribution in [0.1, 0.15) is 47.6 Å². The van der Waals surface area contributed by atoms with Gasteiger partial charge in [0.2, 0.25) is 0 Å². The van der Waals surface area contributed by atoms with E-state index in [1.165, 1.54) is 18.4 Å². The lowest BCUT2D eigenvalue weighted by molar-refractivity contribution is 0.102. The van der Waals surface area contributed by atoms with E-state index in [0.717, 1.165) is 68.7 Å². The maximum absolute atomic E-state index is 12.8. The van der Waals surface area contributed by atoms with Crippen molar-refractivity contribution in [2.24, 2.45) is 0 Å². The summed E-state index contributed by atoms with van der Waals surface area (Å²) in [6.45, 7) is 5.60. The van der Waals surface area contributed by atoms with E-state index < -0.39 is 0 Å². The molecule has 33 heavy (non-hydrogen) atoms. The van der Waals surface area contributed by atoms with E-state index in [4.69, 9.17) is 0 Å². The zero-order chi connectivity index (χ0) is 22.8. The van der Waals surface area contributed by atoms with Gasteiger partial charge < -0.3 is 20.1 Å². The molecular weight excluding hydrogens is 414 g/mol. The van der Waals surface area contributed by atoms with Gasteiger partial charge in [-0.1, -0.05) is 25.0 Å². The average Bonchev–Trinajstić information content (AvgIpc) is 3.46. The number of hydrogen-bond acceptors (Lipinski definition) is 4. The predicted octanol–water partition coefficient (Wildman–Crippen LogP) is 3.49. The number of carbonyl (C=O) groups excluding carboxylic acids is 1. The van der Waals surface area contributed by atoms with E-state index in [-0.39, 0.29) is 17.6 Å². The lowest BCUT2D eigenvalue weighted by Crippen LogP contribution is -2.45. The Kier molecular flexibility index (Phi) is 6.33. The molecular formula is C26H33N5O2. The number of hydrogen-bond donors (Lipinski definition) is 2. The topological polar surface area (TPSA) is 73.4 Å². The van der Waals surface area contributed by atoms with Gasteiger partial charge in [0.15, 0.2) is 0 Å². The molecule has 7 nitrogen and oxygen atoms in total. The molecule has 0 unspecified atom stereocenters. The standard InChI is InChI=1S/C26H33N5O2/c1-29-14-16-30(17-15-29)13-12-19-6-9-21(10-7-19)27-25(32)20-8-11-24-23(18-20)28-26(33)31(24)22-4-2-3-5-22/h6-11,18,22H,2-5,12-17H2,1H3,(H,27,32)(H,28,33). The van der Waals surface area contributed by atoms with E-state index in [9.17, 15) is 9.59 Å². The lowest BCUT2D eigenvalue weighted by Gasteiger charge is -2.32. The molecule has 0 radical (unpaired) electrons. The van der Waals surface area contributed by atoms with Crippen molar-refractivity contribution in [2.75, 3.05) is 45.1 Å². The molecule has 2 aliphatic rings. The van der Waals surface area contributed by atoms with Gasteiger partial charge >= 0.3 is 5.69 Å². The number of aromatic amines is 1. The number of rotatable bonds is 6. The van der Waals surface area contributed by atoms with Gasteiger partial charge in [-0.3, -0.25) is 9.36 Å². The van der Waals surface area contributed by atoms with Crippen LogP contribution in [0.15, 0.2) is 47.3 Å². The van der Waals surface area contributed by atoms with Gasteiger partial charge in [0.25, 0.3) is 5.91 Å². The molecule has 1 amide bonds. The van der Waals surface area contributed by atoms with E-state index in [1.54, 1.807) is 12.1 Å². The monoisotopic (exact) mass is 447 g/mol. The first-order chi connectivity index (χ1) is 16.1. The molecule has 2 aromatic carbocycles. The van der Waals surface area contributed by atoms with E-state index in [2.05, 4.69) is 39.3 Å². The zero-order valence-electron chi connectivity index (χ0n) is 19.3. The van der Waals surface area contributed by atoms with Crippen LogP contribution in [0.5, 0.6) is 0 Å². The number of benzene rings is 2. The molecule has 3 aromatic rings. The fraction of sp³-hybridized carbons (Fsp3) is 0.462. The van der Waals surface area contributed by atoms with Crippen LogP contribution in [0.4, 0.5) is 5.69 Å². The molecule has 0 bridgehead atoms. The van der Waals surface area contributed by atoms with Crippen LogP contribution in [0.2, 0.25) is 0 Å². The van der Waals surface area contributed by atoms with Crippen LogP contribution in [-0.4, -0.2) is 65.0 Å². The number of amides is 1. The van der Waals surface area contributed by atoms with Crippen LogP contribution in [0.3, 0.4) is 0 Å². The highest BCUT2D eigenvalue weighted by Gasteiger charge is 2.21. The minimum absolute atomic E-state index is 0.0818. The minimum atomic E-state index is -0.170. The molecule has 7 heteroatoms. The molecule has 0 atom stereocenters. The Morgan fingerprint density at radius 2 is 1.76 bits per heavy atom. The van der Waals surface area contributed by atoms with Crippen molar-refractivity contribution in [3.05, 3.63) is 64.1 Å². The van der Waals surface area contributed by atoms with Gasteiger partial charge in [-0.2, -0.15) is 0 Å². The second kappa shape index (κ2) is 9.53. The summed E-state index contributed by atoms with van der Waals surface area (Å²) in [6.07, 6.45) is 5.43. The molecule has 174 valence electrons. The van der Waals surface area contributed by atoms with Gasteiger partial charge in [-0.25, -0.2) is 4.79 Å². The maximum Gasteiger partial charge on any atom is 0.326 e. The Labute approximate surface area is 194 Å². The Morgan fingerprint density at radius 3 is 2.48 bits per heavy atom. The molecule has 1 aliphatic carbocycles. The number of anilines is 1. The number of nitrogens with zero attached hydrogens (tertiary/aromatic N) is 3. The number of carbonyl (C=O) groups is 1. The normalized spacial score (nSPS) is 18.2. The summed E-state index contributed by atoms with van der Waals surface area (Å²) in [6, 6.07) is 13.9. The highest BCUT2D eigenvalue weighted by atomic mass is 16.2. The van der Waals surface area contributed by atoms with Crippen molar-refractivity contribution in [3.8, 4) is 0 Å². The number of likely N-dealkylation sites (N-methyl/N-ethyl adjacent to an activating group) is 1. The third kappa shape index (κ3) is 4.89. The van der Waals surface area contributed by atoms with Gasteiger partial charge in [0.05, 0.1) is 11.0 Å². The minimum Gasteiger partial charge on any atom is -0.322 e. The molecule has 1 saturated carbocycles. The maximum atomic E-state index is 12.8. The van der Waals surface area contributed by atoms with Crippen LogP contribution in [0.25, 0.3) is 11.0 Å². The zero-order valence-corrected chi connectivity index (χ0v) is 19.3. The molecule has 5 rings (SSSR count). The second-order valence-electron chi connectivity index (χ2n) is 9.52. The van der Waals surface area contributed by atoms with Gasteiger partial charge in [0.1, 0.15) is 0 Å². The lowest BCUT2D eigenvalue weighted by atomic mass is 10.1. The third-order valence-electron chi connectivity index (χ3n) is 7.19. The number of imidazole rings is 1. The Morgan fingerprint density at radius 1 is 1.03 bits per heavy atom. The first kappa shape index (κ1) is 21.9. The third-order valence-corrected chi connectivity index (χ3v) is 7.19. The van der Waals surface area contributed by atoms with E-state index in [0.29, 0.717) is 5.56 Å². The molecule has 1 saturated heterocycles. The highest BCUT2D eigenvalue weighted by Crippen LogP contribution is 2.30. The van der Waals surface area contributed by atoms with Crippen LogP contribution in [0, 0.1) is 0 Å². The second-order valence-corrected chi connectivity index (χ2v) is 9.52. The summed E-state index contributed by atoms with van der Waals surface area (Å²) < 4.78 is 1.87. The van der Waals surface area contributed by atoms with Crippen LogP contribution in [-0.2, 0) is 6.42 Å². The fourth-order valence-corrected chi connectivity index (χ4v) is 5.11. The van der Waals surface area contributed by atoms with E-state index >= 15 is 0 Å². The average molecular weight is 448 g/mol. The Balaban J connectivity index is 1.21. The molecule has 2 heterocycles. The number of H-pyrrole nitrogens is 1. The summed E-state index contributed by atoms with van der Waals surface area (Å²) in [5, 5.41) is 2.98. The fourth-order valence-electron chi connectivity index (χ4n) is 5.11. The summed E-state index contributed by atoms with van der Waals surface area (Å²) in [4.78, 5) is 33.1. The van der Waals surface area contributed by atoms with Crippen molar-refractivity contribution in [1.82, 2.24) is 19.4 Å². The first-order valence-electron chi connectivity index (χ1n) is 12.1. The largest absolute Gasteiger partial charge is 0.326 e. The first-order valence-corrected chi connectivity index (χ1v) is 12.1. The van der Waals surface area contributed by atoms with Crippen molar-refractivity contribution in [1.29, 1.82) is 0 Å². The van der Waals surface area contributed by atoms with Crippen LogP contribution >= 0.6 is 0 Å². The highest BCUT2D eigenvalue weighted by molar-refractivity contribution is 6.05. The molecule has 2 fully saturated rings. The summed E-state index contributed by atoms with van der Waals surface area (Å²) in [5.74, 6) is -0.170. The van der Waals surface area contributed by atoms with Gasteiger partial charge in [0, 0.05) is 50.0 Å². The number of fused-ring (bicyclic) bond motifs is 1. The van der Waals surface area contributed by atoms with Crippen molar-refractivity contribution in [2.45, 2.75) is 38.1 Å². The van der Waals surface area contributed by atoms with Gasteiger partial charge in [-0.15, -0.1) is 0 Å². The number of nitrogens with one attached hydrogen (secondary N) is 2. The molecule has 1 aliphatic heterocycles. The predicted molar refractivity (Wildman–Crippen MR) is 132 cm³/mol. The van der Waals surface area contributed by atoms with Crippen LogP contribution < -0.4 is 11.0 Å². The summed E-state index contributed by atoms with van der Waals surface area (Å²) >= 11 is 0. The summed E-state index contributed by atoms with van der Waals surface area (Å²) in [5.41, 5.74) is 4.12. The number of aromatic nitrogens is 2. The van der Waals surface area contributed by atoms with Crippen molar-refractivity contribution < 1.29 is 4.79 Å². The van der Waals surface area contributed by atoms with Gasteiger partial charge in [-0.05, 0) is 62.2 Å². The number of piperazine rings is 1. The van der Waals surface area contributed by atoms with Crippen molar-refractivity contribution in [3.63, 3.8) is 0 Å².